The molecule has 4 N–H and O–H groups in total. The van der Waals surface area contributed by atoms with Crippen molar-refractivity contribution in [3.05, 3.63) is 70.3 Å². The zero-order chi connectivity index (χ0) is 28.3. The highest BCUT2D eigenvalue weighted by molar-refractivity contribution is 6.29. The number of nitrogens with one attached hydrogen (secondary N) is 3. The highest BCUT2D eigenvalue weighted by Gasteiger charge is 2.20. The van der Waals surface area contributed by atoms with Crippen molar-refractivity contribution in [1.82, 2.24) is 16.0 Å². The van der Waals surface area contributed by atoms with Crippen LogP contribution in [0.25, 0.3) is 0 Å². The van der Waals surface area contributed by atoms with E-state index in [4.69, 9.17) is 16.7 Å². The summed E-state index contributed by atoms with van der Waals surface area (Å²) in [6, 6.07) is 9.09. The Bertz CT molecular complexity index is 930. The Hall–Kier alpha value is -2.36. The number of terminal acetylenes is 1. The molecule has 0 saturated carbocycles. The number of aliphatic hydroxyl groups is 1. The van der Waals surface area contributed by atoms with Crippen molar-refractivity contribution in [3.8, 4) is 12.8 Å². The third-order valence-electron chi connectivity index (χ3n) is 6.62. The first kappa shape index (κ1) is 33.7. The summed E-state index contributed by atoms with van der Waals surface area (Å²) >= 11 is 6.04. The lowest BCUT2D eigenvalue weighted by Gasteiger charge is -2.26. The lowest BCUT2D eigenvalue weighted by Crippen LogP contribution is -2.36. The first-order valence-electron chi connectivity index (χ1n) is 13.9. The normalized spacial score (nSPS) is 21.5. The quantitative estimate of drug-likeness (QED) is 0.271. The molecule has 210 valence electrons. The maximum absolute atomic E-state index is 11.3. The number of piperidine rings is 1. The number of hydrogen-bond acceptors (Lipinski definition) is 4. The summed E-state index contributed by atoms with van der Waals surface area (Å²) in [4.78, 5) is 11.3. The van der Waals surface area contributed by atoms with Gasteiger partial charge in [0.05, 0.1) is 0 Å². The fraction of sp³-hybridized carbons (Fsp3) is 0.531. The van der Waals surface area contributed by atoms with Crippen LogP contribution in [0, 0.1) is 18.8 Å². The van der Waals surface area contributed by atoms with Gasteiger partial charge >= 0.3 is 0 Å². The molecule has 3 aliphatic rings. The Labute approximate surface area is 236 Å². The minimum Gasteiger partial charge on any atom is -0.379 e. The van der Waals surface area contributed by atoms with E-state index in [1.165, 1.54) is 29.5 Å². The van der Waals surface area contributed by atoms with E-state index in [1.807, 2.05) is 19.1 Å². The average molecular weight is 542 g/mol. The number of aliphatic hydroxyl groups excluding tert-OH is 1. The second kappa shape index (κ2) is 19.7. The van der Waals surface area contributed by atoms with E-state index < -0.39 is 0 Å². The fourth-order valence-electron chi connectivity index (χ4n) is 4.78. The van der Waals surface area contributed by atoms with Gasteiger partial charge in [-0.3, -0.25) is 10.1 Å². The zero-order valence-corrected chi connectivity index (χ0v) is 24.4. The highest BCUT2D eigenvalue weighted by atomic mass is 35.5. The van der Waals surface area contributed by atoms with Gasteiger partial charge < -0.3 is 15.7 Å². The SMILES string of the molecule is C#C.CC1CC(CC2CCNCC2)=CC(=O)N1.CCNC(C)O.CCc1cccc(C2C=CC=C(Cl)C2)c1. The molecular weight excluding hydrogens is 494 g/mol. The van der Waals surface area contributed by atoms with Crippen molar-refractivity contribution in [3.63, 3.8) is 0 Å². The third kappa shape index (κ3) is 14.0. The minimum absolute atomic E-state index is 0.0951. The Kier molecular flexibility index (Phi) is 17.4. The van der Waals surface area contributed by atoms with E-state index in [-0.39, 0.29) is 12.1 Å². The molecule has 6 heteroatoms. The van der Waals surface area contributed by atoms with Gasteiger partial charge in [0.1, 0.15) is 6.23 Å². The second-order valence-corrected chi connectivity index (χ2v) is 10.4. The van der Waals surface area contributed by atoms with Crippen LogP contribution < -0.4 is 16.0 Å². The number of carbonyl (C=O) groups is 1. The molecule has 38 heavy (non-hydrogen) atoms. The molecule has 0 radical (unpaired) electrons. The monoisotopic (exact) mass is 541 g/mol. The van der Waals surface area contributed by atoms with Crippen molar-refractivity contribution >= 4 is 17.5 Å². The van der Waals surface area contributed by atoms with E-state index in [1.54, 1.807) is 6.92 Å². The summed E-state index contributed by atoms with van der Waals surface area (Å²) in [5.41, 5.74) is 4.11. The first-order chi connectivity index (χ1) is 18.3. The topological polar surface area (TPSA) is 73.4 Å². The van der Waals surface area contributed by atoms with Crippen LogP contribution in [0.5, 0.6) is 0 Å². The first-order valence-corrected chi connectivity index (χ1v) is 14.3. The minimum atomic E-state index is -0.352. The summed E-state index contributed by atoms with van der Waals surface area (Å²) in [5.74, 6) is 1.34. The van der Waals surface area contributed by atoms with Crippen molar-refractivity contribution < 1.29 is 9.90 Å². The van der Waals surface area contributed by atoms with E-state index >= 15 is 0 Å². The van der Waals surface area contributed by atoms with Crippen LogP contribution in [0.4, 0.5) is 0 Å². The number of benzene rings is 1. The number of hydrogen-bond donors (Lipinski definition) is 4. The largest absolute Gasteiger partial charge is 0.379 e. The van der Waals surface area contributed by atoms with Crippen LogP contribution in [0.2, 0.25) is 0 Å². The molecular formula is C32H48ClN3O2. The molecule has 1 amide bonds. The predicted octanol–water partition coefficient (Wildman–Crippen LogP) is 5.81. The molecule has 1 aliphatic carbocycles. The summed E-state index contributed by atoms with van der Waals surface area (Å²) in [6.07, 6.45) is 22.4. The molecule has 2 aliphatic heterocycles. The fourth-order valence-corrected chi connectivity index (χ4v) is 5.02. The molecule has 1 saturated heterocycles. The smallest absolute Gasteiger partial charge is 0.244 e. The number of aryl methyl sites for hydroxylation is 1. The molecule has 3 atom stereocenters. The van der Waals surface area contributed by atoms with E-state index in [0.717, 1.165) is 56.3 Å². The van der Waals surface area contributed by atoms with Crippen LogP contribution >= 0.6 is 11.6 Å². The van der Waals surface area contributed by atoms with Gasteiger partial charge in [-0.25, -0.2) is 0 Å². The Morgan fingerprint density at radius 3 is 2.45 bits per heavy atom. The molecule has 5 nitrogen and oxygen atoms in total. The lowest BCUT2D eigenvalue weighted by molar-refractivity contribution is -0.117. The molecule has 3 unspecified atom stereocenters. The van der Waals surface area contributed by atoms with E-state index in [2.05, 4.69) is 79.1 Å². The summed E-state index contributed by atoms with van der Waals surface area (Å²) in [6.45, 7) is 11.0. The predicted molar refractivity (Wildman–Crippen MR) is 162 cm³/mol. The molecule has 0 aromatic heterocycles. The van der Waals surface area contributed by atoms with Gasteiger partial charge in [-0.1, -0.05) is 67.4 Å². The van der Waals surface area contributed by atoms with Crippen LogP contribution in [-0.4, -0.2) is 42.9 Å². The Morgan fingerprint density at radius 2 is 1.89 bits per heavy atom. The van der Waals surface area contributed by atoms with Crippen LogP contribution in [-0.2, 0) is 11.2 Å². The van der Waals surface area contributed by atoms with Crippen molar-refractivity contribution in [2.75, 3.05) is 19.6 Å². The molecule has 4 rings (SSSR count). The van der Waals surface area contributed by atoms with Crippen LogP contribution in [0.1, 0.15) is 76.8 Å². The van der Waals surface area contributed by atoms with E-state index in [9.17, 15) is 4.79 Å². The zero-order valence-electron chi connectivity index (χ0n) is 23.7. The summed E-state index contributed by atoms with van der Waals surface area (Å²) in [5, 5.41) is 18.4. The van der Waals surface area contributed by atoms with Crippen LogP contribution in [0.15, 0.2) is 59.2 Å². The Balaban J connectivity index is 0.000000299. The third-order valence-corrected chi connectivity index (χ3v) is 6.90. The summed E-state index contributed by atoms with van der Waals surface area (Å²) < 4.78 is 0. The van der Waals surface area contributed by atoms with Gasteiger partial charge in [-0.15, -0.1) is 12.8 Å². The number of amides is 1. The van der Waals surface area contributed by atoms with Crippen molar-refractivity contribution in [2.45, 2.75) is 84.4 Å². The van der Waals surface area contributed by atoms with Crippen LogP contribution in [0.3, 0.4) is 0 Å². The molecule has 2 heterocycles. The molecule has 0 bridgehead atoms. The number of allylic oxidation sites excluding steroid dienone is 4. The number of halogens is 1. The average Bonchev–Trinajstić information content (AvgIpc) is 2.90. The maximum Gasteiger partial charge on any atom is 0.244 e. The molecule has 1 aromatic rings. The second-order valence-electron chi connectivity index (χ2n) is 9.96. The highest BCUT2D eigenvalue weighted by Crippen LogP contribution is 2.30. The van der Waals surface area contributed by atoms with E-state index in [0.29, 0.717) is 12.0 Å². The van der Waals surface area contributed by atoms with Crippen molar-refractivity contribution in [1.29, 1.82) is 0 Å². The standard InChI is InChI=1S/C14H15Cl.C12H20N2O.C4H11NO.C2H2/c1-2-11-5-3-6-12(9-11)13-7-4-8-14(15)10-13;1-9-6-11(8-12(15)14-9)7-10-2-4-13-5-3-10;1-3-5-4(2)6;1-2/h3-9,13H,2,10H2,1H3;8-10,13H,2-7H2,1H3,(H,14,15);4-6H,3H2,1-2H3;1-2H. The number of carbonyl (C=O) groups excluding carboxylic acids is 1. The molecule has 1 fully saturated rings. The molecule has 0 spiro atoms. The maximum atomic E-state index is 11.3. The van der Waals surface area contributed by atoms with Gasteiger partial charge in [0.15, 0.2) is 0 Å². The van der Waals surface area contributed by atoms with Crippen molar-refractivity contribution in [2.24, 2.45) is 5.92 Å². The van der Waals surface area contributed by atoms with Gasteiger partial charge in [0.2, 0.25) is 5.91 Å². The van der Waals surface area contributed by atoms with Gasteiger partial charge in [-0.2, -0.15) is 0 Å². The lowest BCUT2D eigenvalue weighted by atomic mass is 9.87. The molecule has 1 aromatic carbocycles. The van der Waals surface area contributed by atoms with Gasteiger partial charge in [0.25, 0.3) is 0 Å². The summed E-state index contributed by atoms with van der Waals surface area (Å²) in [7, 11) is 0. The van der Waals surface area contributed by atoms with Gasteiger partial charge in [-0.05, 0) is 95.1 Å². The number of rotatable bonds is 6. The van der Waals surface area contributed by atoms with Gasteiger partial charge in [0, 0.05) is 23.1 Å². The Morgan fingerprint density at radius 1 is 1.18 bits per heavy atom.